The van der Waals surface area contributed by atoms with Gasteiger partial charge in [-0.2, -0.15) is 0 Å². The van der Waals surface area contributed by atoms with Crippen molar-refractivity contribution in [3.8, 4) is 0 Å². The minimum absolute atomic E-state index is 0.583. The molecule has 1 N–H and O–H groups in total. The summed E-state index contributed by atoms with van der Waals surface area (Å²) in [5.74, 6) is 0. The minimum Gasteiger partial charge on any atom is -0.310 e. The molecule has 1 nitrogen and oxygen atoms in total. The van der Waals surface area contributed by atoms with Gasteiger partial charge in [0.25, 0.3) is 0 Å². The first-order chi connectivity index (χ1) is 7.63. The third-order valence-electron chi connectivity index (χ3n) is 2.88. The molecule has 1 aromatic rings. The molecule has 0 aliphatic rings. The normalized spacial score (nSPS) is 12.8. The summed E-state index contributed by atoms with van der Waals surface area (Å²) in [6.07, 6.45) is 3.81. The Hall–Kier alpha value is -0.530. The molecule has 1 unspecified atom stereocenters. The average Bonchev–Trinajstić information content (AvgIpc) is 2.28. The van der Waals surface area contributed by atoms with Crippen LogP contribution < -0.4 is 5.32 Å². The van der Waals surface area contributed by atoms with Crippen molar-refractivity contribution in [3.05, 3.63) is 34.3 Å². The quantitative estimate of drug-likeness (QED) is 0.780. The molecule has 0 spiro atoms. The van der Waals surface area contributed by atoms with E-state index >= 15 is 0 Å². The van der Waals surface area contributed by atoms with E-state index in [0.717, 1.165) is 17.1 Å². The van der Waals surface area contributed by atoms with E-state index in [1.54, 1.807) is 0 Å². The van der Waals surface area contributed by atoms with Crippen molar-refractivity contribution in [3.63, 3.8) is 0 Å². The van der Waals surface area contributed by atoms with Crippen molar-refractivity contribution in [2.45, 2.75) is 52.6 Å². The third-order valence-corrected chi connectivity index (χ3v) is 3.29. The summed E-state index contributed by atoms with van der Waals surface area (Å²) >= 11 is 6.08. The zero-order chi connectivity index (χ0) is 12.0. The fourth-order valence-electron chi connectivity index (χ4n) is 1.65. The standard InChI is InChI=1S/C14H22ClN/c1-4-5-6-12(3)16-10-13-8-7-11(2)14(15)9-13/h7-9,12,16H,4-6,10H2,1-3H3. The fraction of sp³-hybridized carbons (Fsp3) is 0.571. The number of halogens is 1. The van der Waals surface area contributed by atoms with Crippen LogP contribution in [0.5, 0.6) is 0 Å². The molecule has 90 valence electrons. The molecular weight excluding hydrogens is 218 g/mol. The Labute approximate surface area is 104 Å². The lowest BCUT2D eigenvalue weighted by atomic mass is 10.1. The molecule has 0 bridgehead atoms. The van der Waals surface area contributed by atoms with Crippen LogP contribution in [0.1, 0.15) is 44.2 Å². The molecule has 0 aromatic heterocycles. The first kappa shape index (κ1) is 13.5. The molecule has 1 atom stereocenters. The molecule has 0 radical (unpaired) electrons. The van der Waals surface area contributed by atoms with Crippen molar-refractivity contribution in [1.82, 2.24) is 5.32 Å². The average molecular weight is 240 g/mol. The van der Waals surface area contributed by atoms with Gasteiger partial charge >= 0.3 is 0 Å². The van der Waals surface area contributed by atoms with Gasteiger partial charge in [-0.15, -0.1) is 0 Å². The van der Waals surface area contributed by atoms with Crippen molar-refractivity contribution in [1.29, 1.82) is 0 Å². The topological polar surface area (TPSA) is 12.0 Å². The Morgan fingerprint density at radius 2 is 2.12 bits per heavy atom. The summed E-state index contributed by atoms with van der Waals surface area (Å²) in [5.41, 5.74) is 2.41. The van der Waals surface area contributed by atoms with E-state index in [0.29, 0.717) is 6.04 Å². The first-order valence-electron chi connectivity index (χ1n) is 6.12. The van der Waals surface area contributed by atoms with Crippen LogP contribution in [0, 0.1) is 6.92 Å². The molecule has 0 saturated heterocycles. The van der Waals surface area contributed by atoms with Crippen LogP contribution in [0.4, 0.5) is 0 Å². The maximum Gasteiger partial charge on any atom is 0.0438 e. The van der Waals surface area contributed by atoms with Gasteiger partial charge in [0, 0.05) is 17.6 Å². The monoisotopic (exact) mass is 239 g/mol. The Morgan fingerprint density at radius 3 is 2.75 bits per heavy atom. The van der Waals surface area contributed by atoms with E-state index in [2.05, 4.69) is 37.4 Å². The van der Waals surface area contributed by atoms with Gasteiger partial charge in [-0.25, -0.2) is 0 Å². The number of hydrogen-bond acceptors (Lipinski definition) is 1. The van der Waals surface area contributed by atoms with Crippen LogP contribution in [0.2, 0.25) is 5.02 Å². The number of benzene rings is 1. The number of unbranched alkanes of at least 4 members (excludes halogenated alkanes) is 1. The Bertz CT molecular complexity index is 323. The third kappa shape index (κ3) is 4.54. The summed E-state index contributed by atoms with van der Waals surface area (Å²) in [7, 11) is 0. The zero-order valence-electron chi connectivity index (χ0n) is 10.5. The highest BCUT2D eigenvalue weighted by Crippen LogP contribution is 2.16. The van der Waals surface area contributed by atoms with Crippen LogP contribution in [0.15, 0.2) is 18.2 Å². The second-order valence-electron chi connectivity index (χ2n) is 4.51. The number of nitrogens with one attached hydrogen (secondary N) is 1. The van der Waals surface area contributed by atoms with E-state index in [1.165, 1.54) is 24.8 Å². The summed E-state index contributed by atoms with van der Waals surface area (Å²) < 4.78 is 0. The molecular formula is C14H22ClN. The Kier molecular flexibility index (Phi) is 5.86. The van der Waals surface area contributed by atoms with Crippen molar-refractivity contribution < 1.29 is 0 Å². The second-order valence-corrected chi connectivity index (χ2v) is 4.91. The first-order valence-corrected chi connectivity index (χ1v) is 6.49. The van der Waals surface area contributed by atoms with Gasteiger partial charge in [-0.1, -0.05) is 43.5 Å². The molecule has 0 saturated carbocycles. The van der Waals surface area contributed by atoms with E-state index in [4.69, 9.17) is 11.6 Å². The van der Waals surface area contributed by atoms with Crippen molar-refractivity contribution in [2.24, 2.45) is 0 Å². The van der Waals surface area contributed by atoms with Gasteiger partial charge in [-0.3, -0.25) is 0 Å². The predicted molar refractivity (Wildman–Crippen MR) is 72.0 cm³/mol. The molecule has 1 rings (SSSR count). The van der Waals surface area contributed by atoms with E-state index in [-0.39, 0.29) is 0 Å². The smallest absolute Gasteiger partial charge is 0.0438 e. The number of rotatable bonds is 6. The number of aryl methyl sites for hydroxylation is 1. The van der Waals surface area contributed by atoms with E-state index in [1.807, 2.05) is 6.92 Å². The molecule has 2 heteroatoms. The largest absolute Gasteiger partial charge is 0.310 e. The summed E-state index contributed by atoms with van der Waals surface area (Å²) in [4.78, 5) is 0. The lowest BCUT2D eigenvalue weighted by Gasteiger charge is -2.13. The maximum absolute atomic E-state index is 6.08. The Balaban J connectivity index is 2.39. The summed E-state index contributed by atoms with van der Waals surface area (Å²) in [5, 5.41) is 4.38. The Morgan fingerprint density at radius 1 is 1.38 bits per heavy atom. The lowest BCUT2D eigenvalue weighted by Crippen LogP contribution is -2.25. The molecule has 0 fully saturated rings. The minimum atomic E-state index is 0.583. The van der Waals surface area contributed by atoms with Crippen LogP contribution in [0.3, 0.4) is 0 Å². The number of hydrogen-bond donors (Lipinski definition) is 1. The van der Waals surface area contributed by atoms with Gasteiger partial charge in [-0.05, 0) is 37.5 Å². The molecule has 0 amide bonds. The lowest BCUT2D eigenvalue weighted by molar-refractivity contribution is 0.495. The van der Waals surface area contributed by atoms with Crippen LogP contribution in [0.25, 0.3) is 0 Å². The molecule has 0 heterocycles. The van der Waals surface area contributed by atoms with Crippen molar-refractivity contribution >= 4 is 11.6 Å². The molecule has 0 aliphatic carbocycles. The predicted octanol–water partition coefficient (Wildman–Crippen LogP) is 4.32. The molecule has 1 aromatic carbocycles. The summed E-state index contributed by atoms with van der Waals surface area (Å²) in [6, 6.07) is 6.85. The SMILES string of the molecule is CCCCC(C)NCc1ccc(C)c(Cl)c1. The molecule has 0 aliphatic heterocycles. The highest BCUT2D eigenvalue weighted by molar-refractivity contribution is 6.31. The van der Waals surface area contributed by atoms with Gasteiger partial charge in [0.05, 0.1) is 0 Å². The fourth-order valence-corrected chi connectivity index (χ4v) is 1.85. The van der Waals surface area contributed by atoms with Gasteiger partial charge in [0.2, 0.25) is 0 Å². The van der Waals surface area contributed by atoms with Gasteiger partial charge in [0.1, 0.15) is 0 Å². The van der Waals surface area contributed by atoms with Crippen LogP contribution in [-0.4, -0.2) is 6.04 Å². The molecule has 16 heavy (non-hydrogen) atoms. The highest BCUT2D eigenvalue weighted by atomic mass is 35.5. The van der Waals surface area contributed by atoms with E-state index < -0.39 is 0 Å². The van der Waals surface area contributed by atoms with Gasteiger partial charge < -0.3 is 5.32 Å². The van der Waals surface area contributed by atoms with Crippen LogP contribution >= 0.6 is 11.6 Å². The van der Waals surface area contributed by atoms with Crippen LogP contribution in [-0.2, 0) is 6.54 Å². The summed E-state index contributed by atoms with van der Waals surface area (Å²) in [6.45, 7) is 7.41. The highest BCUT2D eigenvalue weighted by Gasteiger charge is 2.02. The maximum atomic E-state index is 6.08. The van der Waals surface area contributed by atoms with E-state index in [9.17, 15) is 0 Å². The zero-order valence-corrected chi connectivity index (χ0v) is 11.3. The second kappa shape index (κ2) is 6.93. The van der Waals surface area contributed by atoms with Gasteiger partial charge in [0.15, 0.2) is 0 Å². The van der Waals surface area contributed by atoms with Crippen molar-refractivity contribution in [2.75, 3.05) is 0 Å².